The first-order chi connectivity index (χ1) is 14.7. The summed E-state index contributed by atoms with van der Waals surface area (Å²) < 4.78 is 40.0. The summed E-state index contributed by atoms with van der Waals surface area (Å²) in [5.74, 6) is -0.442. The Balaban J connectivity index is 0.000000254. The highest BCUT2D eigenvalue weighted by molar-refractivity contribution is 5.92. The van der Waals surface area contributed by atoms with Crippen molar-refractivity contribution in [3.8, 4) is 11.3 Å². The van der Waals surface area contributed by atoms with Crippen molar-refractivity contribution < 1.29 is 18.0 Å². The van der Waals surface area contributed by atoms with Gasteiger partial charge in [0, 0.05) is 41.2 Å². The molecule has 4 N–H and O–H groups in total. The molecule has 2 aromatic heterocycles. The minimum Gasteiger partial charge on any atom is -0.399 e. The Hall–Kier alpha value is -3.81. The molecule has 2 aromatic carbocycles. The van der Waals surface area contributed by atoms with E-state index in [0.29, 0.717) is 11.3 Å². The molecule has 4 rings (SSSR count). The van der Waals surface area contributed by atoms with Crippen LogP contribution in [0.2, 0.25) is 0 Å². The standard InChI is InChI=1S/C17H15F3N2.C6H6N2O/c1-2-22-15-8-7-14(21)9-12(15)10-16(22)11-3-5-13(6-4-11)17(18,19)20;7-6(9)5-2-1-3-8-4-5/h3-10H,2,21H2,1H3;1-4H,(H2,7,9). The summed E-state index contributed by atoms with van der Waals surface area (Å²) in [7, 11) is 0. The number of nitrogens with two attached hydrogens (primary N) is 2. The highest BCUT2D eigenvalue weighted by atomic mass is 19.4. The van der Waals surface area contributed by atoms with Crippen LogP contribution in [0.4, 0.5) is 18.9 Å². The predicted molar refractivity (Wildman–Crippen MR) is 115 cm³/mol. The smallest absolute Gasteiger partial charge is 0.399 e. The van der Waals surface area contributed by atoms with E-state index >= 15 is 0 Å². The molecule has 31 heavy (non-hydrogen) atoms. The zero-order valence-electron chi connectivity index (χ0n) is 16.7. The van der Waals surface area contributed by atoms with E-state index in [1.807, 2.05) is 31.2 Å². The van der Waals surface area contributed by atoms with E-state index in [1.165, 1.54) is 18.3 Å². The molecule has 0 aliphatic carbocycles. The van der Waals surface area contributed by atoms with E-state index in [4.69, 9.17) is 11.5 Å². The van der Waals surface area contributed by atoms with Crippen LogP contribution in [0, 0.1) is 0 Å². The Kier molecular flexibility index (Phi) is 6.29. The number of rotatable bonds is 3. The summed E-state index contributed by atoms with van der Waals surface area (Å²) in [5, 5.41) is 0.983. The summed E-state index contributed by atoms with van der Waals surface area (Å²) in [6, 6.07) is 16.1. The Morgan fingerprint density at radius 2 is 1.77 bits per heavy atom. The highest BCUT2D eigenvalue weighted by Gasteiger charge is 2.30. The maximum atomic E-state index is 12.7. The second-order valence-corrected chi connectivity index (χ2v) is 6.77. The predicted octanol–water partition coefficient (Wildman–Crippen LogP) is 5.11. The van der Waals surface area contributed by atoms with Crippen molar-refractivity contribution in [3.63, 3.8) is 0 Å². The zero-order chi connectivity index (χ0) is 22.6. The fourth-order valence-electron chi connectivity index (χ4n) is 3.21. The number of fused-ring (bicyclic) bond motifs is 1. The minimum absolute atomic E-state index is 0.442. The number of hydrogen-bond donors (Lipinski definition) is 2. The van der Waals surface area contributed by atoms with Crippen LogP contribution in [-0.4, -0.2) is 15.5 Å². The maximum absolute atomic E-state index is 12.7. The third kappa shape index (κ3) is 5.03. The van der Waals surface area contributed by atoms with E-state index in [1.54, 1.807) is 18.3 Å². The van der Waals surface area contributed by atoms with Gasteiger partial charge >= 0.3 is 6.18 Å². The van der Waals surface area contributed by atoms with Crippen molar-refractivity contribution in [2.45, 2.75) is 19.6 Å². The van der Waals surface area contributed by atoms with Gasteiger partial charge in [0.2, 0.25) is 5.91 Å². The fraction of sp³-hybridized carbons (Fsp3) is 0.130. The molecular formula is C23H21F3N4O. The number of primary amides is 1. The van der Waals surface area contributed by atoms with Gasteiger partial charge in [0.15, 0.2) is 0 Å². The van der Waals surface area contributed by atoms with Gasteiger partial charge in [-0.3, -0.25) is 9.78 Å². The minimum atomic E-state index is -4.32. The SMILES string of the molecule is CCn1c(-c2ccc(C(F)(F)F)cc2)cc2cc(N)ccc21.NC(=O)c1cccnc1. The van der Waals surface area contributed by atoms with Crippen LogP contribution >= 0.6 is 0 Å². The van der Waals surface area contributed by atoms with E-state index in [-0.39, 0.29) is 0 Å². The van der Waals surface area contributed by atoms with Gasteiger partial charge < -0.3 is 16.0 Å². The van der Waals surface area contributed by atoms with E-state index in [9.17, 15) is 18.0 Å². The molecule has 0 unspecified atom stereocenters. The van der Waals surface area contributed by atoms with Crippen molar-refractivity contribution in [1.82, 2.24) is 9.55 Å². The Labute approximate surface area is 177 Å². The number of hydrogen-bond acceptors (Lipinski definition) is 3. The number of pyridine rings is 1. The van der Waals surface area contributed by atoms with Crippen molar-refractivity contribution in [2.75, 3.05) is 5.73 Å². The number of benzene rings is 2. The fourth-order valence-corrected chi connectivity index (χ4v) is 3.21. The molecule has 4 aromatic rings. The molecule has 0 aliphatic rings. The number of amides is 1. The van der Waals surface area contributed by atoms with Crippen molar-refractivity contribution in [2.24, 2.45) is 5.73 Å². The lowest BCUT2D eigenvalue weighted by Gasteiger charge is -2.10. The molecular weight excluding hydrogens is 405 g/mol. The van der Waals surface area contributed by atoms with Crippen LogP contribution in [0.15, 0.2) is 73.1 Å². The average molecular weight is 426 g/mol. The topological polar surface area (TPSA) is 86.9 Å². The third-order valence-corrected chi connectivity index (χ3v) is 4.70. The lowest BCUT2D eigenvalue weighted by Crippen LogP contribution is -2.10. The number of anilines is 1. The van der Waals surface area contributed by atoms with Crippen LogP contribution in [0.25, 0.3) is 22.2 Å². The largest absolute Gasteiger partial charge is 0.416 e. The van der Waals surface area contributed by atoms with Crippen LogP contribution in [0.5, 0.6) is 0 Å². The Morgan fingerprint density at radius 1 is 1.06 bits per heavy atom. The lowest BCUT2D eigenvalue weighted by molar-refractivity contribution is -0.137. The van der Waals surface area contributed by atoms with Gasteiger partial charge in [-0.25, -0.2) is 0 Å². The van der Waals surface area contributed by atoms with Gasteiger partial charge in [0.05, 0.1) is 11.1 Å². The molecule has 0 bridgehead atoms. The summed E-state index contributed by atoms with van der Waals surface area (Å²) in [6.45, 7) is 2.73. The molecule has 0 atom stereocenters. The van der Waals surface area contributed by atoms with Gasteiger partial charge in [0.1, 0.15) is 0 Å². The number of carbonyl (C=O) groups excluding carboxylic acids is 1. The van der Waals surface area contributed by atoms with E-state index in [2.05, 4.69) is 9.55 Å². The molecule has 2 heterocycles. The number of alkyl halides is 3. The van der Waals surface area contributed by atoms with Crippen molar-refractivity contribution >= 4 is 22.5 Å². The Bertz CT molecular complexity index is 1180. The first-order valence-electron chi connectivity index (χ1n) is 9.47. The number of aromatic nitrogens is 2. The molecule has 0 saturated heterocycles. The molecule has 0 saturated carbocycles. The first kappa shape index (κ1) is 21.9. The van der Waals surface area contributed by atoms with Crippen LogP contribution in [-0.2, 0) is 12.7 Å². The van der Waals surface area contributed by atoms with Gasteiger partial charge in [-0.2, -0.15) is 13.2 Å². The van der Waals surface area contributed by atoms with E-state index < -0.39 is 17.6 Å². The van der Waals surface area contributed by atoms with Crippen LogP contribution in [0.1, 0.15) is 22.8 Å². The Morgan fingerprint density at radius 3 is 2.29 bits per heavy atom. The average Bonchev–Trinajstić information content (AvgIpc) is 3.12. The molecule has 0 radical (unpaired) electrons. The highest BCUT2D eigenvalue weighted by Crippen LogP contribution is 2.33. The van der Waals surface area contributed by atoms with Gasteiger partial charge in [-0.1, -0.05) is 12.1 Å². The molecule has 5 nitrogen and oxygen atoms in total. The summed E-state index contributed by atoms with van der Waals surface area (Å²) in [5.41, 5.74) is 13.9. The number of nitrogens with zero attached hydrogens (tertiary/aromatic N) is 2. The molecule has 1 amide bonds. The normalized spacial score (nSPS) is 11.1. The second-order valence-electron chi connectivity index (χ2n) is 6.77. The zero-order valence-corrected chi connectivity index (χ0v) is 16.7. The first-order valence-corrected chi connectivity index (χ1v) is 9.47. The van der Waals surface area contributed by atoms with Gasteiger partial charge in [0.25, 0.3) is 0 Å². The number of halogens is 3. The molecule has 160 valence electrons. The summed E-state index contributed by atoms with van der Waals surface area (Å²) in [6.07, 6.45) is -1.29. The van der Waals surface area contributed by atoms with Gasteiger partial charge in [-0.15, -0.1) is 0 Å². The van der Waals surface area contributed by atoms with Crippen LogP contribution < -0.4 is 11.5 Å². The number of nitrogen functional groups attached to an aromatic ring is 1. The lowest BCUT2D eigenvalue weighted by atomic mass is 10.1. The number of aryl methyl sites for hydroxylation is 1. The molecule has 8 heteroatoms. The number of carbonyl (C=O) groups is 1. The van der Waals surface area contributed by atoms with Crippen molar-refractivity contribution in [3.05, 3.63) is 84.2 Å². The third-order valence-electron chi connectivity index (χ3n) is 4.70. The maximum Gasteiger partial charge on any atom is 0.416 e. The summed E-state index contributed by atoms with van der Waals surface area (Å²) >= 11 is 0. The van der Waals surface area contributed by atoms with E-state index in [0.717, 1.165) is 40.8 Å². The molecule has 0 fully saturated rings. The molecule has 0 aliphatic heterocycles. The quantitative estimate of drug-likeness (QED) is 0.446. The van der Waals surface area contributed by atoms with Crippen LogP contribution in [0.3, 0.4) is 0 Å². The summed E-state index contributed by atoms with van der Waals surface area (Å²) in [4.78, 5) is 14.1. The van der Waals surface area contributed by atoms with Gasteiger partial charge in [-0.05, 0) is 61.0 Å². The molecule has 0 spiro atoms. The monoisotopic (exact) mass is 426 g/mol. The van der Waals surface area contributed by atoms with Crippen molar-refractivity contribution in [1.29, 1.82) is 0 Å². The second kappa shape index (κ2) is 8.91.